The summed E-state index contributed by atoms with van der Waals surface area (Å²) in [4.78, 5) is 93.6. The van der Waals surface area contributed by atoms with Gasteiger partial charge in [-0.3, -0.25) is 48.7 Å². The van der Waals surface area contributed by atoms with Crippen LogP contribution in [0.5, 0.6) is 11.5 Å². The number of benzene rings is 2. The van der Waals surface area contributed by atoms with E-state index >= 15 is 0 Å². The number of ketones is 4. The fourth-order valence-corrected chi connectivity index (χ4v) is 12.2. The molecule has 0 heterocycles. The second-order valence-electron chi connectivity index (χ2n) is 20.5. The van der Waals surface area contributed by atoms with Gasteiger partial charge in [-0.25, -0.2) is 0 Å². The zero-order valence-corrected chi connectivity index (χ0v) is 42.2. The number of carbonyl (C=O) groups excluding carboxylic acids is 6. The number of aliphatic hydroxyl groups is 8. The van der Waals surface area contributed by atoms with Gasteiger partial charge in [0.15, 0.2) is 22.8 Å². The number of nitrogens with zero attached hydrogens (tertiary/aromatic N) is 2. The normalized spacial score (nSPS) is 31.0. The van der Waals surface area contributed by atoms with Crippen LogP contribution in [0.25, 0.3) is 0 Å². The summed E-state index contributed by atoms with van der Waals surface area (Å²) in [5, 5.41) is 126. The number of aliphatic carboxylic acids is 1. The van der Waals surface area contributed by atoms with Crippen LogP contribution < -0.4 is 22.1 Å². The summed E-state index contributed by atoms with van der Waals surface area (Å²) in [5.41, 5.74) is 0.581. The van der Waals surface area contributed by atoms with Gasteiger partial charge >= 0.3 is 5.97 Å². The molecule has 25 nitrogen and oxygen atoms in total. The first-order valence-corrected chi connectivity index (χ1v) is 24.0. The number of nitrogens with one attached hydrogen (secondary N) is 2. The minimum Gasteiger partial charge on any atom is -0.510 e. The van der Waals surface area contributed by atoms with Crippen LogP contribution in [0.4, 0.5) is 0 Å². The second-order valence-corrected chi connectivity index (χ2v) is 20.5. The molecule has 0 bridgehead atoms. The van der Waals surface area contributed by atoms with E-state index in [0.29, 0.717) is 24.9 Å². The first-order chi connectivity index (χ1) is 35.0. The number of hydrogen-bond acceptors (Lipinski definition) is 21. The molecule has 2 aromatic rings. The standard InChI is InChI=1S/C29H38N4O10.C22H24N2O8.H2O/c1-28(42)13-7-6-9-17(34)18(13)22(35)19-14(28)11-15-21(33(2)3)23(36)20(25(38)29(15,43)24(19)37)26(39)32-12-31-16(27(40)41)8-4-5-10-30;1-7-8-5-4-6-9(25)11(8)16(26)12-10(7)17(27)14-15(24(2)3)18(28)13(21(23)31)20(30)22(14,32)19(12)29;/h6-7,9,14-16,21,31,34,36-37,42-43H,4-5,8,10-12,30H2,1-3H3,(H,32,39)(H,40,41);4-7,10,14-15,17,25,27-29,32H,1-3H3,(H2,23,31);1H2/t14?,15-,16-,21-,28+,29-;7-,10+,14+,15-,17-,22-;/m00./s1. The smallest absolute Gasteiger partial charge is 0.320 e. The van der Waals surface area contributed by atoms with Crippen LogP contribution in [-0.2, 0) is 29.6 Å². The summed E-state index contributed by atoms with van der Waals surface area (Å²) in [5.74, 6) is -18.1. The van der Waals surface area contributed by atoms with Gasteiger partial charge in [-0.1, -0.05) is 37.6 Å². The van der Waals surface area contributed by atoms with E-state index in [1.54, 1.807) is 19.1 Å². The Morgan fingerprint density at radius 3 is 1.88 bits per heavy atom. The number of rotatable bonds is 12. The van der Waals surface area contributed by atoms with Gasteiger partial charge in [0.25, 0.3) is 11.8 Å². The molecule has 0 aliphatic heterocycles. The lowest BCUT2D eigenvalue weighted by molar-refractivity contribution is -0.162. The SMILES string of the molecule is CN(C)[C@@H]1C(O)=C(C(=O)NCN[C@@H](CCCCN)C(=O)O)C(=O)[C@@]2(O)C(O)=C3C(=O)c4c(O)cccc4[C@@](C)(O)C3C[C@@H]12.C[C@H]1c2cccc(O)c2C(=O)C2=C(O)[C@]3(O)C(=O)C(C(N)=O)=C(O)[C@@H](N(C)C)[C@@H]3[C@@H](O)[C@@H]21.O. The predicted molar refractivity (Wildman–Crippen MR) is 264 cm³/mol. The maximum Gasteiger partial charge on any atom is 0.320 e. The van der Waals surface area contributed by atoms with Crippen molar-refractivity contribution in [3.8, 4) is 11.5 Å². The number of Topliss-reactive ketones (excluding diaryl/α,β-unsaturated/α-hetero) is 4. The number of phenols is 2. The number of aromatic hydroxyl groups is 2. The number of carboxylic acids is 1. The summed E-state index contributed by atoms with van der Waals surface area (Å²) >= 11 is 0. The molecule has 19 N–H and O–H groups in total. The summed E-state index contributed by atoms with van der Waals surface area (Å²) in [6.45, 7) is 3.03. The molecule has 76 heavy (non-hydrogen) atoms. The molecule has 6 aliphatic rings. The highest BCUT2D eigenvalue weighted by molar-refractivity contribution is 6.26. The van der Waals surface area contributed by atoms with Gasteiger partial charge in [-0.05, 0) is 90.1 Å². The Bertz CT molecular complexity index is 2940. The van der Waals surface area contributed by atoms with Gasteiger partial charge < -0.3 is 78.4 Å². The summed E-state index contributed by atoms with van der Waals surface area (Å²) in [6.07, 6.45) is -0.517. The van der Waals surface area contributed by atoms with Gasteiger partial charge in [0, 0.05) is 28.9 Å². The Morgan fingerprint density at radius 1 is 0.776 bits per heavy atom. The van der Waals surface area contributed by atoms with E-state index < -0.39 is 169 Å². The van der Waals surface area contributed by atoms with Crippen LogP contribution in [0.3, 0.4) is 0 Å². The fourth-order valence-electron chi connectivity index (χ4n) is 12.2. The Balaban J connectivity index is 0.000000253. The van der Waals surface area contributed by atoms with Gasteiger partial charge in [-0.15, -0.1) is 0 Å². The molecular weight excluding hydrogens is 1000 g/mol. The molecule has 6 aliphatic carbocycles. The van der Waals surface area contributed by atoms with E-state index in [-0.39, 0.29) is 40.8 Å². The molecule has 0 fully saturated rings. The molecule has 2 aromatic carbocycles. The van der Waals surface area contributed by atoms with Crippen molar-refractivity contribution in [1.82, 2.24) is 20.4 Å². The fraction of sp³-hybridized carbons (Fsp3) is 0.471. The Kier molecular flexibility index (Phi) is 15.9. The highest BCUT2D eigenvalue weighted by Crippen LogP contribution is 2.58. The van der Waals surface area contributed by atoms with Crippen molar-refractivity contribution >= 4 is 40.9 Å². The largest absolute Gasteiger partial charge is 0.510 e. The van der Waals surface area contributed by atoms with Crippen LogP contribution in [-0.4, -0.2) is 189 Å². The number of nitrogens with two attached hydrogens (primary N) is 2. The Hall–Kier alpha value is -7.07. The highest BCUT2D eigenvalue weighted by Gasteiger charge is 2.68. The number of carboxylic acid groups (broad SMARTS) is 1. The molecule has 0 radical (unpaired) electrons. The number of hydrogen-bond donors (Lipinski definition) is 15. The Labute approximate surface area is 434 Å². The van der Waals surface area contributed by atoms with Crippen LogP contribution in [0.2, 0.25) is 0 Å². The molecule has 0 saturated heterocycles. The van der Waals surface area contributed by atoms with Crippen molar-refractivity contribution < 1.29 is 95.2 Å². The maximum absolute atomic E-state index is 13.9. The number of amides is 2. The molecule has 2 amide bonds. The summed E-state index contributed by atoms with van der Waals surface area (Å²) in [7, 11) is 6.00. The van der Waals surface area contributed by atoms with Crippen LogP contribution in [0.1, 0.15) is 77.3 Å². The van der Waals surface area contributed by atoms with Crippen molar-refractivity contribution in [2.75, 3.05) is 41.4 Å². The molecule has 12 atom stereocenters. The molecule has 1 unspecified atom stereocenters. The van der Waals surface area contributed by atoms with Gasteiger partial charge in [0.1, 0.15) is 51.7 Å². The second kappa shape index (κ2) is 20.8. The lowest BCUT2D eigenvalue weighted by Gasteiger charge is -2.53. The molecule has 0 spiro atoms. The van der Waals surface area contributed by atoms with E-state index in [1.807, 2.05) is 0 Å². The minimum atomic E-state index is -2.89. The number of phenolic OH excluding ortho intramolecular Hbond substituents is 2. The third kappa shape index (κ3) is 8.60. The van der Waals surface area contributed by atoms with Crippen LogP contribution in [0, 0.1) is 23.7 Å². The van der Waals surface area contributed by atoms with Crippen molar-refractivity contribution in [2.45, 2.75) is 86.5 Å². The zero-order valence-electron chi connectivity index (χ0n) is 42.2. The minimum absolute atomic E-state index is 0. The van der Waals surface area contributed by atoms with Gasteiger partial charge in [-0.2, -0.15) is 0 Å². The van der Waals surface area contributed by atoms with Crippen molar-refractivity contribution in [2.24, 2.45) is 35.1 Å². The van der Waals surface area contributed by atoms with E-state index in [4.69, 9.17) is 11.5 Å². The monoisotopic (exact) mass is 1060 g/mol. The molecule has 25 heteroatoms. The average Bonchev–Trinajstić information content (AvgIpc) is 3.33. The number of carbonyl (C=O) groups is 7. The molecule has 0 aromatic heterocycles. The molecule has 412 valence electrons. The van der Waals surface area contributed by atoms with Crippen molar-refractivity contribution in [3.05, 3.63) is 104 Å². The zero-order chi connectivity index (χ0) is 55.9. The first-order valence-electron chi connectivity index (χ1n) is 24.0. The van der Waals surface area contributed by atoms with Crippen molar-refractivity contribution in [1.29, 1.82) is 0 Å². The van der Waals surface area contributed by atoms with Gasteiger partial charge in [0.05, 0.1) is 47.5 Å². The average molecular weight is 1070 g/mol. The quantitative estimate of drug-likeness (QED) is 0.0645. The topological polar surface area (TPSA) is 456 Å². The summed E-state index contributed by atoms with van der Waals surface area (Å²) < 4.78 is 0. The lowest BCUT2D eigenvalue weighted by Crippen LogP contribution is -2.68. The van der Waals surface area contributed by atoms with Crippen LogP contribution in [0.15, 0.2) is 81.7 Å². The van der Waals surface area contributed by atoms with Crippen LogP contribution >= 0.6 is 0 Å². The molecule has 8 rings (SSSR count). The number of primary amides is 1. The van der Waals surface area contributed by atoms with Crippen molar-refractivity contribution in [3.63, 3.8) is 0 Å². The number of aliphatic hydroxyl groups excluding tert-OH is 5. The number of fused-ring (bicyclic) bond motifs is 6. The summed E-state index contributed by atoms with van der Waals surface area (Å²) in [6, 6.07) is 5.04. The van der Waals surface area contributed by atoms with Gasteiger partial charge in [0.2, 0.25) is 11.6 Å². The van der Waals surface area contributed by atoms with E-state index in [2.05, 4.69) is 10.6 Å². The van der Waals surface area contributed by atoms with E-state index in [9.17, 15) is 89.7 Å². The molecular formula is C51H64N6O19. The first kappa shape index (κ1) is 58.2. The lowest BCUT2D eigenvalue weighted by atomic mass is 9.55. The predicted octanol–water partition coefficient (Wildman–Crippen LogP) is -1.63. The van der Waals surface area contributed by atoms with E-state index in [0.717, 1.165) is 0 Å². The molecule has 0 saturated carbocycles. The third-order valence-corrected chi connectivity index (χ3v) is 15.8. The highest BCUT2D eigenvalue weighted by atomic mass is 16.4. The number of unbranched alkanes of at least 4 members (excludes halogenated alkanes) is 1. The van der Waals surface area contributed by atoms with E-state index in [1.165, 1.54) is 69.2 Å². The Morgan fingerprint density at radius 2 is 1.32 bits per heavy atom. The maximum atomic E-state index is 13.9. The third-order valence-electron chi connectivity index (χ3n) is 15.8. The number of likely N-dealkylation sites (N-methyl/N-ethyl adjacent to an activating group) is 2.